The van der Waals surface area contributed by atoms with Gasteiger partial charge >= 0.3 is 41.6 Å². The first-order valence-corrected chi connectivity index (χ1v) is 9.91. The molecule has 2 saturated heterocycles. The number of carbonyl (C=O) groups excluding carboxylic acids is 5. The van der Waals surface area contributed by atoms with Gasteiger partial charge in [0.05, 0.1) is 6.42 Å². The Bertz CT molecular complexity index is 1050. The number of carboxylic acid groups (broad SMARTS) is 1. The summed E-state index contributed by atoms with van der Waals surface area (Å²) in [6.45, 7) is -1.59. The Labute approximate surface area is 216 Å². The average Bonchev–Trinajstić information content (AvgIpc) is 3.43. The van der Waals surface area contributed by atoms with Crippen LogP contribution in [0.25, 0.3) is 0 Å². The number of nitrogens with two attached hydrogens (primary N) is 2. The van der Waals surface area contributed by atoms with Crippen LogP contribution in [-0.2, 0) is 38.3 Å². The van der Waals surface area contributed by atoms with Crippen molar-refractivity contribution in [2.75, 3.05) is 26.1 Å². The second kappa shape index (κ2) is 10.5. The number of cyclic esters (lactones) is 1. The number of hydrogen-bond acceptors (Lipinski definition) is 14. The number of amides is 3. The number of nitrogens with one attached hydrogen (secondary N) is 1. The first-order valence-electron chi connectivity index (χ1n) is 9.03. The van der Waals surface area contributed by atoms with E-state index in [9.17, 15) is 29.1 Å². The van der Waals surface area contributed by atoms with Gasteiger partial charge in [-0.25, -0.2) is 9.78 Å². The second-order valence-electron chi connectivity index (χ2n) is 6.76. The minimum atomic E-state index is -2.58. The predicted molar refractivity (Wildman–Crippen MR) is 102 cm³/mol. The van der Waals surface area contributed by atoms with E-state index in [0.717, 1.165) is 18.4 Å². The summed E-state index contributed by atoms with van der Waals surface area (Å²) >= 11 is 0.996. The number of hydroxylamine groups is 2. The number of carboxylic acids is 1. The minimum Gasteiger partial charge on any atom is -0.544 e. The predicted octanol–water partition coefficient (Wildman–Crippen LogP) is -6.41. The normalized spacial score (nSPS) is 24.3. The molecule has 16 nitrogen and oxygen atoms in total. The van der Waals surface area contributed by atoms with Crippen LogP contribution in [0.3, 0.4) is 0 Å². The van der Waals surface area contributed by atoms with Gasteiger partial charge in [-0.2, -0.15) is 5.06 Å². The Hall–Kier alpha value is -2.99. The van der Waals surface area contributed by atoms with E-state index < -0.39 is 66.5 Å². The van der Waals surface area contributed by atoms with E-state index in [1.807, 2.05) is 0 Å². The molecule has 2 fully saturated rings. The number of nitrogen functional groups attached to an aromatic ring is 1. The molecule has 18 heteroatoms. The number of hydrogen-bond donors (Lipinski definition) is 3. The molecule has 3 heterocycles. The average molecular weight is 508 g/mol. The molecule has 0 spiro atoms. The Morgan fingerprint density at radius 3 is 2.62 bits per heavy atom. The van der Waals surface area contributed by atoms with Crippen LogP contribution in [0.4, 0.5) is 9.93 Å². The van der Waals surface area contributed by atoms with Crippen molar-refractivity contribution < 1.29 is 77.8 Å². The number of oxime groups is 1. The van der Waals surface area contributed by atoms with Gasteiger partial charge in [-0.05, 0) is 0 Å². The molecule has 2 atom stereocenters. The number of esters is 1. The summed E-state index contributed by atoms with van der Waals surface area (Å²) in [6, 6.07) is 0. The van der Waals surface area contributed by atoms with Gasteiger partial charge < -0.3 is 41.0 Å². The van der Waals surface area contributed by atoms with Crippen molar-refractivity contribution in [3.63, 3.8) is 0 Å². The van der Waals surface area contributed by atoms with Crippen LogP contribution >= 0.6 is 11.3 Å². The maximum absolute atomic E-state index is 13.3. The first-order chi connectivity index (χ1) is 15.5. The summed E-state index contributed by atoms with van der Waals surface area (Å²) in [4.78, 5) is 74.5. The monoisotopic (exact) mass is 508 g/mol. The molecule has 178 valence electrons. The third kappa shape index (κ3) is 5.07. The van der Waals surface area contributed by atoms with Gasteiger partial charge in [0.25, 0.3) is 17.5 Å². The molecule has 2 aliphatic rings. The zero-order valence-corrected chi connectivity index (χ0v) is 20.7. The van der Waals surface area contributed by atoms with Crippen molar-refractivity contribution in [3.8, 4) is 0 Å². The van der Waals surface area contributed by atoms with E-state index in [1.165, 1.54) is 5.38 Å². The fourth-order valence-corrected chi connectivity index (χ4v) is 3.63. The molecule has 0 aliphatic carbocycles. The van der Waals surface area contributed by atoms with Crippen molar-refractivity contribution in [1.82, 2.24) is 15.4 Å². The summed E-state index contributed by atoms with van der Waals surface area (Å²) in [5.74, 6) is -5.11. The molecule has 0 aromatic carbocycles. The summed E-state index contributed by atoms with van der Waals surface area (Å²) < 4.78 is 9.51. The molecule has 0 radical (unpaired) electrons. The molecule has 1 unspecified atom stereocenters. The van der Waals surface area contributed by atoms with E-state index in [4.69, 9.17) is 25.8 Å². The summed E-state index contributed by atoms with van der Waals surface area (Å²) in [5.41, 5.74) is 5.38. The number of thiazole rings is 1. The van der Waals surface area contributed by atoms with Crippen molar-refractivity contribution in [3.05, 3.63) is 11.1 Å². The Morgan fingerprint density at radius 1 is 1.41 bits per heavy atom. The summed E-state index contributed by atoms with van der Waals surface area (Å²) in [6.07, 6.45) is -2.11. The minimum absolute atomic E-state index is 0. The SMILES string of the molecule is CO/N=C(\C(=O)N[C@@]1(COC(N)=O)CON(C2(C(=O)[O-])CCC(=O)O2)C1=O)c1csc(N)n1.[Na+]. The Morgan fingerprint density at radius 2 is 2.12 bits per heavy atom. The van der Waals surface area contributed by atoms with Gasteiger partial charge in [0, 0.05) is 11.8 Å². The smallest absolute Gasteiger partial charge is 0.544 e. The summed E-state index contributed by atoms with van der Waals surface area (Å²) in [7, 11) is 1.15. The largest absolute Gasteiger partial charge is 1.00 e. The van der Waals surface area contributed by atoms with Crippen molar-refractivity contribution >= 4 is 52.0 Å². The van der Waals surface area contributed by atoms with Crippen LogP contribution in [0.2, 0.25) is 0 Å². The van der Waals surface area contributed by atoms with Crippen molar-refractivity contribution in [2.24, 2.45) is 10.9 Å². The molecule has 34 heavy (non-hydrogen) atoms. The molecule has 5 N–H and O–H groups in total. The zero-order valence-electron chi connectivity index (χ0n) is 17.9. The maximum Gasteiger partial charge on any atom is 1.00 e. The van der Waals surface area contributed by atoms with Crippen LogP contribution in [0, 0.1) is 0 Å². The molecule has 1 aromatic heterocycles. The fourth-order valence-electron chi connectivity index (χ4n) is 3.08. The fraction of sp³-hybridized carbons (Fsp3) is 0.438. The van der Waals surface area contributed by atoms with Gasteiger partial charge in [-0.1, -0.05) is 5.16 Å². The number of aliphatic carboxylic acids is 1. The van der Waals surface area contributed by atoms with Crippen LogP contribution in [0.1, 0.15) is 18.5 Å². The number of carbonyl (C=O) groups is 5. The third-order valence-electron chi connectivity index (χ3n) is 4.61. The van der Waals surface area contributed by atoms with Gasteiger partial charge in [-0.3, -0.25) is 19.2 Å². The number of ether oxygens (including phenoxy) is 2. The number of primary amides is 1. The molecule has 0 bridgehead atoms. The standard InChI is InChI=1S/C16H18N6O10S.Na/c1-29-21-9(7-4-33-13(17)19-7)10(24)20-15(5-30-14(18)28)6-31-22(11(15)25)16(12(26)27)3-2-8(23)32-16;/h4H,2-3,5-6H2,1H3,(H2,17,19)(H2,18,28)(H,20,24)(H,26,27);/q;+1/p-1/b21-9-;/t15-,16?;/m0./s1. The molecule has 3 rings (SSSR count). The van der Waals surface area contributed by atoms with E-state index in [0.29, 0.717) is 0 Å². The molecular weight excluding hydrogens is 491 g/mol. The first kappa shape index (κ1) is 27.3. The van der Waals surface area contributed by atoms with E-state index in [2.05, 4.69) is 20.3 Å². The number of anilines is 1. The van der Waals surface area contributed by atoms with Crippen LogP contribution in [0.15, 0.2) is 10.5 Å². The van der Waals surface area contributed by atoms with E-state index >= 15 is 0 Å². The van der Waals surface area contributed by atoms with Crippen LogP contribution in [0.5, 0.6) is 0 Å². The van der Waals surface area contributed by atoms with Crippen LogP contribution in [-0.4, -0.2) is 77.2 Å². The Kier molecular flexibility index (Phi) is 8.43. The second-order valence-corrected chi connectivity index (χ2v) is 7.65. The van der Waals surface area contributed by atoms with Crippen molar-refractivity contribution in [1.29, 1.82) is 0 Å². The molecule has 1 aromatic rings. The van der Waals surface area contributed by atoms with Crippen LogP contribution < -0.4 is 51.4 Å². The zero-order chi connectivity index (χ0) is 24.4. The quantitative estimate of drug-likeness (QED) is 0.129. The molecule has 0 saturated carbocycles. The molecule has 2 aliphatic heterocycles. The van der Waals surface area contributed by atoms with Gasteiger partial charge in [0.15, 0.2) is 16.4 Å². The molecular formula is C16H17N6NaO10S. The van der Waals surface area contributed by atoms with Crippen molar-refractivity contribution in [2.45, 2.75) is 24.1 Å². The van der Waals surface area contributed by atoms with Gasteiger partial charge in [-0.15, -0.1) is 11.3 Å². The van der Waals surface area contributed by atoms with E-state index in [1.54, 1.807) is 0 Å². The number of aromatic nitrogens is 1. The van der Waals surface area contributed by atoms with Gasteiger partial charge in [0.2, 0.25) is 0 Å². The van der Waals surface area contributed by atoms with E-state index in [-0.39, 0.29) is 51.9 Å². The molecule has 3 amide bonds. The third-order valence-corrected chi connectivity index (χ3v) is 5.28. The van der Waals surface area contributed by atoms with Gasteiger partial charge in [0.1, 0.15) is 32.0 Å². The summed E-state index contributed by atoms with van der Waals surface area (Å²) in [5, 5.41) is 19.4. The number of rotatable bonds is 8. The maximum atomic E-state index is 13.3. The topological polar surface area (TPSA) is 238 Å². The Balaban J connectivity index is 0.00000408. The number of nitrogens with zero attached hydrogens (tertiary/aromatic N) is 3.